The van der Waals surface area contributed by atoms with E-state index < -0.39 is 16.5 Å². The van der Waals surface area contributed by atoms with Gasteiger partial charge in [-0.2, -0.15) is 0 Å². The minimum Gasteiger partial charge on any atom is -0.334 e. The predicted molar refractivity (Wildman–Crippen MR) is 106 cm³/mol. The first-order valence-corrected chi connectivity index (χ1v) is 8.62. The third kappa shape index (κ3) is 4.63. The monoisotopic (exact) mass is 477 g/mol. The van der Waals surface area contributed by atoms with Crippen LogP contribution in [0.3, 0.4) is 0 Å². The van der Waals surface area contributed by atoms with Gasteiger partial charge in [0.25, 0.3) is 5.91 Å². The molecular weight excluding hydrogens is 465 g/mol. The molecule has 0 aliphatic heterocycles. The summed E-state index contributed by atoms with van der Waals surface area (Å²) < 4.78 is 1.02. The number of hydrogen-bond acceptors (Lipinski definition) is 8. The number of carbonyl (C=O) groups excluding carboxylic acids is 1. The molecule has 0 bridgehead atoms. The van der Waals surface area contributed by atoms with Crippen LogP contribution in [0.25, 0.3) is 0 Å². The highest BCUT2D eigenvalue weighted by Gasteiger charge is 2.23. The second kappa shape index (κ2) is 8.35. The van der Waals surface area contributed by atoms with E-state index in [4.69, 9.17) is 0 Å². The van der Waals surface area contributed by atoms with E-state index in [1.54, 1.807) is 24.3 Å². The molecule has 27 heavy (non-hydrogen) atoms. The number of amides is 1. The second-order valence-corrected chi connectivity index (χ2v) is 6.35. The van der Waals surface area contributed by atoms with E-state index in [1.807, 2.05) is 12.1 Å². The highest BCUT2D eigenvalue weighted by Crippen LogP contribution is 2.30. The number of halogens is 1. The van der Waals surface area contributed by atoms with Gasteiger partial charge in [-0.3, -0.25) is 30.7 Å². The number of anilines is 3. The molecule has 2 heterocycles. The van der Waals surface area contributed by atoms with Crippen LogP contribution in [0.15, 0.2) is 55.0 Å². The normalized spacial score (nSPS) is 10.1. The number of carbonyl (C=O) groups is 1. The Morgan fingerprint density at radius 2 is 1.78 bits per heavy atom. The van der Waals surface area contributed by atoms with E-state index in [1.165, 1.54) is 12.3 Å². The van der Waals surface area contributed by atoms with Crippen LogP contribution in [0.2, 0.25) is 0 Å². The summed E-state index contributed by atoms with van der Waals surface area (Å²) >= 11 is 2.15. The maximum absolute atomic E-state index is 12.0. The molecule has 3 aromatic rings. The molecule has 0 saturated heterocycles. The average molecular weight is 477 g/mol. The van der Waals surface area contributed by atoms with Crippen LogP contribution < -0.4 is 16.2 Å². The fraction of sp³-hybridized carbons (Fsp3) is 0. The number of hydrogen-bond donors (Lipinski definition) is 3. The lowest BCUT2D eigenvalue weighted by molar-refractivity contribution is -0.383. The van der Waals surface area contributed by atoms with Crippen LogP contribution in [0.4, 0.5) is 23.0 Å². The van der Waals surface area contributed by atoms with Crippen molar-refractivity contribution in [2.24, 2.45) is 0 Å². The lowest BCUT2D eigenvalue weighted by atomic mass is 10.3. The number of pyridine rings is 1. The van der Waals surface area contributed by atoms with Gasteiger partial charge in [0.1, 0.15) is 12.0 Å². The molecule has 2 aromatic heterocycles. The molecule has 0 aliphatic carbocycles. The molecule has 3 N–H and O–H groups in total. The Morgan fingerprint density at radius 3 is 2.44 bits per heavy atom. The molecule has 0 unspecified atom stereocenters. The van der Waals surface area contributed by atoms with Gasteiger partial charge in [0.15, 0.2) is 0 Å². The zero-order valence-corrected chi connectivity index (χ0v) is 15.7. The van der Waals surface area contributed by atoms with Gasteiger partial charge in [-0.25, -0.2) is 9.97 Å². The highest BCUT2D eigenvalue weighted by atomic mass is 127. The van der Waals surface area contributed by atoms with Crippen molar-refractivity contribution in [3.63, 3.8) is 0 Å². The van der Waals surface area contributed by atoms with Crippen molar-refractivity contribution >= 4 is 51.5 Å². The number of benzene rings is 1. The van der Waals surface area contributed by atoms with Gasteiger partial charge in [-0.05, 0) is 59.0 Å². The maximum Gasteiger partial charge on any atom is 0.355 e. The van der Waals surface area contributed by atoms with Crippen molar-refractivity contribution in [1.29, 1.82) is 0 Å². The Hall–Kier alpha value is -3.35. The van der Waals surface area contributed by atoms with Crippen molar-refractivity contribution in [1.82, 2.24) is 20.4 Å². The predicted octanol–water partition coefficient (Wildman–Crippen LogP) is 2.88. The van der Waals surface area contributed by atoms with Gasteiger partial charge in [0.05, 0.1) is 4.92 Å². The summed E-state index contributed by atoms with van der Waals surface area (Å²) in [5.74, 6) is -0.728. The number of nitro groups is 1. The molecule has 0 radical (unpaired) electrons. The molecule has 0 aliphatic rings. The molecule has 0 fully saturated rings. The number of rotatable bonds is 6. The molecule has 10 nitrogen and oxygen atoms in total. The first-order chi connectivity index (χ1) is 13.0. The summed E-state index contributed by atoms with van der Waals surface area (Å²) in [6.07, 6.45) is 2.61. The fourth-order valence-electron chi connectivity index (χ4n) is 2.08. The fourth-order valence-corrected chi connectivity index (χ4v) is 2.44. The Morgan fingerprint density at radius 1 is 1.04 bits per heavy atom. The van der Waals surface area contributed by atoms with Gasteiger partial charge in [-0.15, -0.1) is 0 Å². The number of hydrazine groups is 1. The second-order valence-electron chi connectivity index (χ2n) is 5.10. The quantitative estimate of drug-likeness (QED) is 0.280. The van der Waals surface area contributed by atoms with Crippen LogP contribution in [-0.2, 0) is 0 Å². The van der Waals surface area contributed by atoms with Crippen molar-refractivity contribution in [3.05, 3.63) is 74.4 Å². The van der Waals surface area contributed by atoms with E-state index in [0.29, 0.717) is 5.69 Å². The maximum atomic E-state index is 12.0. The summed E-state index contributed by atoms with van der Waals surface area (Å²) in [4.78, 5) is 34.6. The minimum absolute atomic E-state index is 0.00852. The highest BCUT2D eigenvalue weighted by molar-refractivity contribution is 14.1. The lowest BCUT2D eigenvalue weighted by Crippen LogP contribution is -2.31. The summed E-state index contributed by atoms with van der Waals surface area (Å²) in [5, 5.41) is 14.4. The average Bonchev–Trinajstić information content (AvgIpc) is 2.68. The summed E-state index contributed by atoms with van der Waals surface area (Å²) in [6.45, 7) is 0. The molecular formula is C16H12IN7O3. The van der Waals surface area contributed by atoms with Crippen molar-refractivity contribution in [3.8, 4) is 0 Å². The number of nitrogens with zero attached hydrogens (tertiary/aromatic N) is 4. The molecule has 136 valence electrons. The van der Waals surface area contributed by atoms with E-state index in [-0.39, 0.29) is 17.3 Å². The van der Waals surface area contributed by atoms with Crippen LogP contribution in [0.5, 0.6) is 0 Å². The summed E-state index contributed by atoms with van der Waals surface area (Å²) in [5.41, 5.74) is 5.16. The molecule has 0 saturated carbocycles. The van der Waals surface area contributed by atoms with Crippen LogP contribution in [0.1, 0.15) is 10.5 Å². The Labute approximate surface area is 166 Å². The number of nitrogens with one attached hydrogen (secondary N) is 3. The van der Waals surface area contributed by atoms with Crippen LogP contribution in [0, 0.1) is 13.7 Å². The summed E-state index contributed by atoms with van der Waals surface area (Å²) in [7, 11) is 0. The standard InChI is InChI=1S/C16H12IN7O3/c17-10-4-6-11(7-5-10)21-14-13(24(26)27)15(20-9-19-14)22-23-16(25)12-3-1-2-8-18-12/h1-9H,(H,23,25)(H2,19,20,21,22). The van der Waals surface area contributed by atoms with Crippen molar-refractivity contribution < 1.29 is 9.72 Å². The number of aromatic nitrogens is 3. The van der Waals surface area contributed by atoms with E-state index in [0.717, 1.165) is 9.90 Å². The SMILES string of the molecule is O=C(NNc1ncnc(Nc2ccc(I)cc2)c1[N+](=O)[O-])c1ccccn1. The summed E-state index contributed by atoms with van der Waals surface area (Å²) in [6, 6.07) is 12.1. The van der Waals surface area contributed by atoms with Crippen molar-refractivity contribution in [2.45, 2.75) is 0 Å². The van der Waals surface area contributed by atoms with Crippen LogP contribution >= 0.6 is 22.6 Å². The molecule has 1 aromatic carbocycles. The van der Waals surface area contributed by atoms with Gasteiger partial charge in [0, 0.05) is 15.5 Å². The Bertz CT molecular complexity index is 968. The van der Waals surface area contributed by atoms with E-state index in [9.17, 15) is 14.9 Å². The van der Waals surface area contributed by atoms with Crippen molar-refractivity contribution in [2.75, 3.05) is 10.7 Å². The third-order valence-electron chi connectivity index (χ3n) is 3.30. The first kappa shape index (κ1) is 18.4. The van der Waals surface area contributed by atoms with Gasteiger partial charge >= 0.3 is 5.69 Å². The Kier molecular flexibility index (Phi) is 5.71. The lowest BCUT2D eigenvalue weighted by Gasteiger charge is -2.10. The topological polar surface area (TPSA) is 135 Å². The first-order valence-electron chi connectivity index (χ1n) is 7.54. The van der Waals surface area contributed by atoms with Gasteiger partial charge in [-0.1, -0.05) is 6.07 Å². The zero-order valence-electron chi connectivity index (χ0n) is 13.6. The van der Waals surface area contributed by atoms with E-state index in [2.05, 4.69) is 53.7 Å². The third-order valence-corrected chi connectivity index (χ3v) is 4.02. The van der Waals surface area contributed by atoms with E-state index >= 15 is 0 Å². The largest absolute Gasteiger partial charge is 0.355 e. The smallest absolute Gasteiger partial charge is 0.334 e. The van der Waals surface area contributed by atoms with Gasteiger partial charge in [0.2, 0.25) is 11.6 Å². The molecule has 3 rings (SSSR count). The molecule has 1 amide bonds. The van der Waals surface area contributed by atoms with Crippen LogP contribution in [-0.4, -0.2) is 25.8 Å². The zero-order chi connectivity index (χ0) is 19.2. The molecule has 0 spiro atoms. The Balaban J connectivity index is 1.82. The molecule has 0 atom stereocenters. The minimum atomic E-state index is -0.635. The molecule has 11 heteroatoms. The van der Waals surface area contributed by atoms with Gasteiger partial charge < -0.3 is 5.32 Å².